The van der Waals surface area contributed by atoms with Crippen LogP contribution in [0.4, 0.5) is 18.9 Å². The summed E-state index contributed by atoms with van der Waals surface area (Å²) < 4.78 is 55.0. The maximum absolute atomic E-state index is 13.0. The van der Waals surface area contributed by atoms with Crippen LogP contribution in [0, 0.1) is 0 Å². The van der Waals surface area contributed by atoms with E-state index in [1.807, 2.05) is 60.7 Å². The Bertz CT molecular complexity index is 1470. The highest BCUT2D eigenvalue weighted by atomic mass is 19.4. The number of carbonyl (C=O) groups is 2. The van der Waals surface area contributed by atoms with Crippen LogP contribution in [0.3, 0.4) is 0 Å². The van der Waals surface area contributed by atoms with Crippen LogP contribution >= 0.6 is 0 Å². The van der Waals surface area contributed by atoms with Crippen LogP contribution in [-0.2, 0) is 20.9 Å². The van der Waals surface area contributed by atoms with Gasteiger partial charge in [0.05, 0.1) is 25.1 Å². The molecule has 1 amide bonds. The summed E-state index contributed by atoms with van der Waals surface area (Å²) >= 11 is 0. The Hall–Kier alpha value is -5.04. The number of carboxylic acid groups (broad SMARTS) is 1. The number of fused-ring (bicyclic) bond motifs is 1. The van der Waals surface area contributed by atoms with Gasteiger partial charge in [0.1, 0.15) is 19.0 Å². The molecule has 5 rings (SSSR count). The smallest absolute Gasteiger partial charge is 0.489 e. The molecule has 1 aliphatic rings. The number of aliphatic carboxylic acids is 1. The first-order valence-corrected chi connectivity index (χ1v) is 12.6. The summed E-state index contributed by atoms with van der Waals surface area (Å²) in [5, 5.41) is 16.9. The number of aromatic nitrogens is 2. The average Bonchev–Trinajstić information content (AvgIpc) is 3.53. The number of carboxylic acids is 1. The normalized spacial score (nSPS) is 13.8. The number of hydrogen-bond donors (Lipinski definition) is 3. The standard InChI is InChI=1S/C27H25N3O5.C2HF3O2/c31-27(26-18-34-23-8-4-5-9-24(23)35-26)30-22-11-10-20(21-15-28-29-16-21)14-25(22)33-13-12-32-17-19-6-2-1-3-7-19;3-2(4,5)1(6)7/h1-11,14-16,26H,12-13,17-18H2,(H,28,29)(H,30,31);(H,6,7). The number of benzene rings is 3. The van der Waals surface area contributed by atoms with E-state index in [0.29, 0.717) is 42.8 Å². The molecule has 0 aliphatic carbocycles. The number of ether oxygens (including phenoxy) is 4. The van der Waals surface area contributed by atoms with E-state index in [4.69, 9.17) is 28.8 Å². The number of halogens is 3. The van der Waals surface area contributed by atoms with Gasteiger partial charge >= 0.3 is 12.1 Å². The third kappa shape index (κ3) is 8.48. The van der Waals surface area contributed by atoms with Crippen LogP contribution in [0.2, 0.25) is 0 Å². The largest absolute Gasteiger partial charge is 0.490 e. The highest BCUT2D eigenvalue weighted by Crippen LogP contribution is 2.33. The summed E-state index contributed by atoms with van der Waals surface area (Å²) in [5.74, 6) is -1.38. The van der Waals surface area contributed by atoms with Gasteiger partial charge in [-0.15, -0.1) is 0 Å². The summed E-state index contributed by atoms with van der Waals surface area (Å²) in [6.07, 6.45) is -2.34. The van der Waals surface area contributed by atoms with E-state index in [0.717, 1.165) is 16.7 Å². The van der Waals surface area contributed by atoms with E-state index in [9.17, 15) is 18.0 Å². The number of hydrogen-bond acceptors (Lipinski definition) is 7. The summed E-state index contributed by atoms with van der Waals surface area (Å²) in [6.45, 7) is 1.35. The summed E-state index contributed by atoms with van der Waals surface area (Å²) in [6, 6.07) is 22.8. The third-order valence-electron chi connectivity index (χ3n) is 5.71. The lowest BCUT2D eigenvalue weighted by Gasteiger charge is -2.26. The molecule has 0 radical (unpaired) electrons. The minimum atomic E-state index is -5.08. The molecule has 1 unspecified atom stereocenters. The molecular weight excluding hydrogens is 559 g/mol. The predicted octanol–water partition coefficient (Wildman–Crippen LogP) is 5.08. The molecule has 1 atom stereocenters. The molecule has 0 spiro atoms. The van der Waals surface area contributed by atoms with Crippen molar-refractivity contribution in [2.75, 3.05) is 25.1 Å². The zero-order valence-electron chi connectivity index (χ0n) is 22.0. The van der Waals surface area contributed by atoms with Crippen molar-refractivity contribution in [3.8, 4) is 28.4 Å². The van der Waals surface area contributed by atoms with Crippen molar-refractivity contribution >= 4 is 17.6 Å². The van der Waals surface area contributed by atoms with E-state index in [-0.39, 0.29) is 12.5 Å². The second-order valence-electron chi connectivity index (χ2n) is 8.74. The van der Waals surface area contributed by atoms with Gasteiger partial charge in [-0.05, 0) is 35.4 Å². The SMILES string of the molecule is O=C(Nc1ccc(-c2cn[nH]c2)cc1OCCOCc1ccccc1)C1COc2ccccc2O1.O=C(O)C(F)(F)F. The van der Waals surface area contributed by atoms with Crippen LogP contribution in [0.5, 0.6) is 17.2 Å². The van der Waals surface area contributed by atoms with Crippen molar-refractivity contribution in [3.05, 3.63) is 90.8 Å². The number of anilines is 1. The molecule has 10 nitrogen and oxygen atoms in total. The van der Waals surface area contributed by atoms with Gasteiger partial charge in [0.25, 0.3) is 5.91 Å². The fourth-order valence-corrected chi connectivity index (χ4v) is 3.67. The Morgan fingerprint density at radius 2 is 1.71 bits per heavy atom. The number of rotatable bonds is 9. The van der Waals surface area contributed by atoms with Crippen molar-refractivity contribution in [1.29, 1.82) is 0 Å². The Morgan fingerprint density at radius 3 is 2.40 bits per heavy atom. The molecule has 0 saturated heterocycles. The lowest BCUT2D eigenvalue weighted by molar-refractivity contribution is -0.192. The molecule has 13 heteroatoms. The molecule has 4 aromatic rings. The maximum Gasteiger partial charge on any atom is 0.490 e. The highest BCUT2D eigenvalue weighted by molar-refractivity contribution is 5.96. The molecule has 3 N–H and O–H groups in total. The Morgan fingerprint density at radius 1 is 1.00 bits per heavy atom. The van der Waals surface area contributed by atoms with Crippen molar-refractivity contribution in [3.63, 3.8) is 0 Å². The Labute approximate surface area is 238 Å². The average molecular weight is 586 g/mol. The van der Waals surface area contributed by atoms with Gasteiger partial charge in [-0.1, -0.05) is 48.5 Å². The van der Waals surface area contributed by atoms with Gasteiger partial charge < -0.3 is 29.4 Å². The molecule has 1 aromatic heterocycles. The number of alkyl halides is 3. The number of aromatic amines is 1. The van der Waals surface area contributed by atoms with Gasteiger partial charge in [-0.25, -0.2) is 4.79 Å². The van der Waals surface area contributed by atoms with Gasteiger partial charge in [-0.3, -0.25) is 9.89 Å². The lowest BCUT2D eigenvalue weighted by Crippen LogP contribution is -2.40. The number of H-pyrrole nitrogens is 1. The molecular formula is C29H26F3N3O7. The topological polar surface area (TPSA) is 132 Å². The van der Waals surface area contributed by atoms with E-state index in [1.165, 1.54) is 0 Å². The first-order chi connectivity index (χ1) is 20.2. The van der Waals surface area contributed by atoms with Crippen LogP contribution < -0.4 is 19.5 Å². The van der Waals surface area contributed by atoms with E-state index in [1.54, 1.807) is 24.5 Å². The Kier molecular flexibility index (Phi) is 10.0. The van der Waals surface area contributed by atoms with Crippen molar-refractivity contribution in [1.82, 2.24) is 10.2 Å². The zero-order chi connectivity index (χ0) is 30.0. The minimum Gasteiger partial charge on any atom is -0.489 e. The van der Waals surface area contributed by atoms with Crippen molar-refractivity contribution < 1.29 is 46.8 Å². The third-order valence-corrected chi connectivity index (χ3v) is 5.71. The highest BCUT2D eigenvalue weighted by Gasteiger charge is 2.38. The number of para-hydroxylation sites is 2. The predicted molar refractivity (Wildman–Crippen MR) is 144 cm³/mol. The summed E-state index contributed by atoms with van der Waals surface area (Å²) in [4.78, 5) is 21.9. The zero-order valence-corrected chi connectivity index (χ0v) is 22.0. The van der Waals surface area contributed by atoms with Crippen molar-refractivity contribution in [2.45, 2.75) is 18.9 Å². The van der Waals surface area contributed by atoms with Crippen LogP contribution in [0.25, 0.3) is 11.1 Å². The van der Waals surface area contributed by atoms with Crippen LogP contribution in [-0.4, -0.2) is 59.3 Å². The number of nitrogens with zero attached hydrogens (tertiary/aromatic N) is 1. The van der Waals surface area contributed by atoms with Crippen LogP contribution in [0.1, 0.15) is 5.56 Å². The number of carbonyl (C=O) groups excluding carboxylic acids is 1. The molecule has 0 saturated carbocycles. The second kappa shape index (κ2) is 14.0. The Balaban J connectivity index is 0.000000517. The first-order valence-electron chi connectivity index (χ1n) is 12.6. The van der Waals surface area contributed by atoms with Gasteiger partial charge in [0.2, 0.25) is 6.10 Å². The van der Waals surface area contributed by atoms with Gasteiger partial charge in [-0.2, -0.15) is 18.3 Å². The molecule has 0 bridgehead atoms. The molecule has 3 aromatic carbocycles. The number of nitrogens with one attached hydrogen (secondary N) is 2. The molecule has 2 heterocycles. The van der Waals surface area contributed by atoms with E-state index >= 15 is 0 Å². The monoisotopic (exact) mass is 585 g/mol. The van der Waals surface area contributed by atoms with Crippen LogP contribution in [0.15, 0.2) is 85.2 Å². The van der Waals surface area contributed by atoms with Gasteiger partial charge in [0.15, 0.2) is 11.5 Å². The molecule has 1 aliphatic heterocycles. The quantitative estimate of drug-likeness (QED) is 0.232. The van der Waals surface area contributed by atoms with E-state index in [2.05, 4.69) is 15.5 Å². The summed E-state index contributed by atoms with van der Waals surface area (Å²) in [7, 11) is 0. The van der Waals surface area contributed by atoms with Gasteiger partial charge in [0, 0.05) is 11.8 Å². The number of amides is 1. The fourth-order valence-electron chi connectivity index (χ4n) is 3.67. The van der Waals surface area contributed by atoms with E-state index < -0.39 is 18.2 Å². The molecule has 0 fully saturated rings. The maximum atomic E-state index is 13.0. The first kappa shape index (κ1) is 29.9. The molecule has 42 heavy (non-hydrogen) atoms. The second-order valence-corrected chi connectivity index (χ2v) is 8.74. The lowest BCUT2D eigenvalue weighted by atomic mass is 10.1. The minimum absolute atomic E-state index is 0.124. The fraction of sp³-hybridized carbons (Fsp3) is 0.207. The van der Waals surface area contributed by atoms with Crippen molar-refractivity contribution in [2.24, 2.45) is 0 Å². The molecule has 220 valence electrons. The summed E-state index contributed by atoms with van der Waals surface area (Å²) in [5.41, 5.74) is 3.45.